The zero-order valence-electron chi connectivity index (χ0n) is 11.6. The van der Waals surface area contributed by atoms with E-state index in [2.05, 4.69) is 15.3 Å². The maximum atomic E-state index is 4.55. The van der Waals surface area contributed by atoms with E-state index < -0.39 is 0 Å². The Morgan fingerprint density at radius 3 is 2.80 bits per heavy atom. The van der Waals surface area contributed by atoms with Crippen molar-refractivity contribution in [2.45, 2.75) is 6.54 Å². The van der Waals surface area contributed by atoms with E-state index in [0.717, 1.165) is 22.8 Å². The predicted molar refractivity (Wildman–Crippen MR) is 81.1 cm³/mol. The summed E-state index contributed by atoms with van der Waals surface area (Å²) in [5.41, 5.74) is 2.96. The van der Waals surface area contributed by atoms with Gasteiger partial charge in [-0.15, -0.1) is 0 Å². The van der Waals surface area contributed by atoms with Crippen LogP contribution in [0.15, 0.2) is 48.9 Å². The van der Waals surface area contributed by atoms with Crippen LogP contribution in [0.25, 0.3) is 5.65 Å². The van der Waals surface area contributed by atoms with Gasteiger partial charge in [-0.3, -0.25) is 0 Å². The topological polar surface area (TPSA) is 45.5 Å². The molecule has 0 spiro atoms. The Morgan fingerprint density at radius 1 is 1.20 bits per heavy atom. The summed E-state index contributed by atoms with van der Waals surface area (Å²) >= 11 is 0. The van der Waals surface area contributed by atoms with Crippen LogP contribution in [0, 0.1) is 0 Å². The lowest BCUT2D eigenvalue weighted by atomic mass is 10.3. The van der Waals surface area contributed by atoms with Gasteiger partial charge in [0.05, 0.1) is 24.1 Å². The molecule has 1 N–H and O–H groups in total. The highest BCUT2D eigenvalue weighted by molar-refractivity contribution is 5.48. The van der Waals surface area contributed by atoms with E-state index in [-0.39, 0.29) is 0 Å². The van der Waals surface area contributed by atoms with Gasteiger partial charge in [-0.25, -0.2) is 9.97 Å². The van der Waals surface area contributed by atoms with Gasteiger partial charge in [0.2, 0.25) is 0 Å². The standard InChI is InChI=1S/C15H17N5/c1-19(2)14-7-6-12(9-17-14)16-10-13-11-20-8-4-3-5-15(20)18-13/h3-9,11,16H,10H2,1-2H3. The van der Waals surface area contributed by atoms with Crippen LogP contribution < -0.4 is 10.2 Å². The van der Waals surface area contributed by atoms with Crippen molar-refractivity contribution in [2.24, 2.45) is 0 Å². The molecule has 0 aliphatic carbocycles. The molecule has 0 aromatic carbocycles. The van der Waals surface area contributed by atoms with E-state index in [1.165, 1.54) is 0 Å². The second kappa shape index (κ2) is 5.21. The number of aromatic nitrogens is 3. The monoisotopic (exact) mass is 267 g/mol. The van der Waals surface area contributed by atoms with Crippen molar-refractivity contribution >= 4 is 17.2 Å². The Balaban J connectivity index is 1.69. The zero-order chi connectivity index (χ0) is 13.9. The minimum Gasteiger partial charge on any atom is -0.378 e. The molecule has 0 saturated heterocycles. The van der Waals surface area contributed by atoms with Gasteiger partial charge in [0.15, 0.2) is 0 Å². The third kappa shape index (κ3) is 2.56. The van der Waals surface area contributed by atoms with Crippen LogP contribution in [0.2, 0.25) is 0 Å². The number of anilines is 2. The lowest BCUT2D eigenvalue weighted by Gasteiger charge is -2.11. The van der Waals surface area contributed by atoms with E-state index in [1.54, 1.807) is 0 Å². The molecule has 20 heavy (non-hydrogen) atoms. The van der Waals surface area contributed by atoms with Crippen molar-refractivity contribution in [3.8, 4) is 0 Å². The molecule has 5 nitrogen and oxygen atoms in total. The molecule has 3 aromatic heterocycles. The van der Waals surface area contributed by atoms with Gasteiger partial charge in [-0.1, -0.05) is 6.07 Å². The van der Waals surface area contributed by atoms with Crippen LogP contribution in [0.3, 0.4) is 0 Å². The third-order valence-electron chi connectivity index (χ3n) is 3.09. The Bertz CT molecular complexity index is 667. The molecule has 0 fully saturated rings. The summed E-state index contributed by atoms with van der Waals surface area (Å²) in [5.74, 6) is 0.947. The van der Waals surface area contributed by atoms with E-state index in [0.29, 0.717) is 6.54 Å². The molecule has 3 rings (SSSR count). The number of nitrogens with one attached hydrogen (secondary N) is 1. The van der Waals surface area contributed by atoms with Crippen LogP contribution in [0.5, 0.6) is 0 Å². The molecular weight excluding hydrogens is 250 g/mol. The summed E-state index contributed by atoms with van der Waals surface area (Å²) < 4.78 is 2.02. The Kier molecular flexibility index (Phi) is 3.25. The summed E-state index contributed by atoms with van der Waals surface area (Å²) in [4.78, 5) is 10.9. The fraction of sp³-hybridized carbons (Fsp3) is 0.200. The van der Waals surface area contributed by atoms with Crippen LogP contribution in [0.1, 0.15) is 5.69 Å². The molecular formula is C15H17N5. The molecule has 5 heteroatoms. The van der Waals surface area contributed by atoms with E-state index >= 15 is 0 Å². The number of hydrogen-bond acceptors (Lipinski definition) is 4. The minimum atomic E-state index is 0.685. The van der Waals surface area contributed by atoms with Crippen molar-refractivity contribution in [3.63, 3.8) is 0 Å². The van der Waals surface area contributed by atoms with Crippen LogP contribution >= 0.6 is 0 Å². The SMILES string of the molecule is CN(C)c1ccc(NCc2cn3ccccc3n2)cn1. The lowest BCUT2D eigenvalue weighted by molar-refractivity contribution is 1.05. The molecule has 0 aliphatic heterocycles. The van der Waals surface area contributed by atoms with Crippen molar-refractivity contribution in [2.75, 3.05) is 24.3 Å². The van der Waals surface area contributed by atoms with E-state index in [1.807, 2.05) is 72.3 Å². The van der Waals surface area contributed by atoms with Crippen molar-refractivity contribution in [1.82, 2.24) is 14.4 Å². The third-order valence-corrected chi connectivity index (χ3v) is 3.09. The first-order chi connectivity index (χ1) is 9.72. The Morgan fingerprint density at radius 2 is 2.10 bits per heavy atom. The molecule has 0 unspecified atom stereocenters. The zero-order valence-corrected chi connectivity index (χ0v) is 11.6. The van der Waals surface area contributed by atoms with Gasteiger partial charge >= 0.3 is 0 Å². The normalized spacial score (nSPS) is 10.7. The highest BCUT2D eigenvalue weighted by atomic mass is 15.1. The minimum absolute atomic E-state index is 0.685. The van der Waals surface area contributed by atoms with Crippen molar-refractivity contribution in [1.29, 1.82) is 0 Å². The number of hydrogen-bond donors (Lipinski definition) is 1. The molecule has 102 valence electrons. The molecule has 0 radical (unpaired) electrons. The quantitative estimate of drug-likeness (QED) is 0.788. The first kappa shape index (κ1) is 12.5. The van der Waals surface area contributed by atoms with Crippen LogP contribution in [-0.2, 0) is 6.54 Å². The number of rotatable bonds is 4. The van der Waals surface area contributed by atoms with Gasteiger partial charge in [-0.2, -0.15) is 0 Å². The number of pyridine rings is 2. The average molecular weight is 267 g/mol. The summed E-state index contributed by atoms with van der Waals surface area (Å²) in [6.07, 6.45) is 5.87. The van der Waals surface area contributed by atoms with E-state index in [9.17, 15) is 0 Å². The average Bonchev–Trinajstić information content (AvgIpc) is 2.88. The van der Waals surface area contributed by atoms with Gasteiger partial charge < -0.3 is 14.6 Å². The maximum Gasteiger partial charge on any atom is 0.137 e. The Hall–Kier alpha value is -2.56. The number of imidazole rings is 1. The van der Waals surface area contributed by atoms with Crippen LogP contribution in [0.4, 0.5) is 11.5 Å². The lowest BCUT2D eigenvalue weighted by Crippen LogP contribution is -2.10. The molecule has 0 amide bonds. The fourth-order valence-electron chi connectivity index (χ4n) is 2.02. The highest BCUT2D eigenvalue weighted by Gasteiger charge is 2.01. The first-order valence-corrected chi connectivity index (χ1v) is 6.52. The molecule has 3 heterocycles. The highest BCUT2D eigenvalue weighted by Crippen LogP contribution is 2.13. The largest absolute Gasteiger partial charge is 0.378 e. The van der Waals surface area contributed by atoms with Gasteiger partial charge in [-0.05, 0) is 24.3 Å². The summed E-state index contributed by atoms with van der Waals surface area (Å²) in [6, 6.07) is 10.0. The molecule has 0 atom stereocenters. The molecule has 0 bridgehead atoms. The van der Waals surface area contributed by atoms with Crippen molar-refractivity contribution in [3.05, 3.63) is 54.6 Å². The van der Waals surface area contributed by atoms with Crippen molar-refractivity contribution < 1.29 is 0 Å². The smallest absolute Gasteiger partial charge is 0.137 e. The summed E-state index contributed by atoms with van der Waals surface area (Å²) in [5, 5.41) is 3.33. The first-order valence-electron chi connectivity index (χ1n) is 6.52. The van der Waals surface area contributed by atoms with E-state index in [4.69, 9.17) is 0 Å². The summed E-state index contributed by atoms with van der Waals surface area (Å²) in [7, 11) is 3.96. The second-order valence-corrected chi connectivity index (χ2v) is 4.85. The summed E-state index contributed by atoms with van der Waals surface area (Å²) in [6.45, 7) is 0.685. The number of fused-ring (bicyclic) bond motifs is 1. The second-order valence-electron chi connectivity index (χ2n) is 4.85. The number of nitrogens with zero attached hydrogens (tertiary/aromatic N) is 4. The van der Waals surface area contributed by atoms with Gasteiger partial charge in [0, 0.05) is 26.5 Å². The Labute approximate surface area is 117 Å². The van der Waals surface area contributed by atoms with Gasteiger partial charge in [0.1, 0.15) is 11.5 Å². The fourth-order valence-corrected chi connectivity index (χ4v) is 2.02. The molecule has 0 aliphatic rings. The maximum absolute atomic E-state index is 4.55. The van der Waals surface area contributed by atoms with Crippen LogP contribution in [-0.4, -0.2) is 28.5 Å². The van der Waals surface area contributed by atoms with Gasteiger partial charge in [0.25, 0.3) is 0 Å². The molecule has 3 aromatic rings. The molecule has 0 saturated carbocycles. The predicted octanol–water partition coefficient (Wildman–Crippen LogP) is 2.41.